The predicted octanol–water partition coefficient (Wildman–Crippen LogP) is 4.67. The maximum atomic E-state index is 12.5. The van der Waals surface area contributed by atoms with Crippen molar-refractivity contribution in [1.29, 1.82) is 5.26 Å². The molecule has 32 heavy (non-hydrogen) atoms. The van der Waals surface area contributed by atoms with Gasteiger partial charge in [-0.25, -0.2) is 4.79 Å². The summed E-state index contributed by atoms with van der Waals surface area (Å²) >= 11 is 0. The van der Waals surface area contributed by atoms with Gasteiger partial charge in [0.05, 0.1) is 10.5 Å². The summed E-state index contributed by atoms with van der Waals surface area (Å²) in [6, 6.07) is 20.7. The van der Waals surface area contributed by atoms with Crippen LogP contribution in [0.4, 0.5) is 11.4 Å². The SMILES string of the molecule is Cc1cc([N+](=O)[O-])ccc1NC(=O)C(C#N)=Cc1ccc(OC(=O)c2ccccc2)cc1. The number of non-ortho nitro benzene ring substituents is 1. The Hall–Kier alpha value is -4.77. The molecule has 3 rings (SSSR count). The highest BCUT2D eigenvalue weighted by Gasteiger charge is 2.14. The molecular weight excluding hydrogens is 410 g/mol. The van der Waals surface area contributed by atoms with Gasteiger partial charge in [0.1, 0.15) is 17.4 Å². The number of nitriles is 1. The van der Waals surface area contributed by atoms with Crippen LogP contribution in [0.3, 0.4) is 0 Å². The molecule has 0 aliphatic heterocycles. The summed E-state index contributed by atoms with van der Waals surface area (Å²) in [5.41, 5.74) is 1.58. The van der Waals surface area contributed by atoms with Crippen molar-refractivity contribution in [2.45, 2.75) is 6.92 Å². The summed E-state index contributed by atoms with van der Waals surface area (Å²) < 4.78 is 5.30. The molecule has 0 spiro atoms. The summed E-state index contributed by atoms with van der Waals surface area (Å²) in [5.74, 6) is -0.825. The highest BCUT2D eigenvalue weighted by molar-refractivity contribution is 6.10. The van der Waals surface area contributed by atoms with Crippen molar-refractivity contribution in [2.75, 3.05) is 5.32 Å². The van der Waals surface area contributed by atoms with E-state index >= 15 is 0 Å². The number of amides is 1. The van der Waals surface area contributed by atoms with E-state index in [1.54, 1.807) is 61.5 Å². The lowest BCUT2D eigenvalue weighted by molar-refractivity contribution is -0.384. The number of anilines is 1. The predicted molar refractivity (Wildman–Crippen MR) is 118 cm³/mol. The molecule has 0 aliphatic rings. The van der Waals surface area contributed by atoms with Crippen molar-refractivity contribution >= 4 is 29.3 Å². The Bertz CT molecular complexity index is 1240. The zero-order chi connectivity index (χ0) is 23.1. The van der Waals surface area contributed by atoms with Gasteiger partial charge in [0.15, 0.2) is 0 Å². The first-order valence-electron chi connectivity index (χ1n) is 9.43. The number of benzene rings is 3. The lowest BCUT2D eigenvalue weighted by Crippen LogP contribution is -2.14. The summed E-state index contributed by atoms with van der Waals surface area (Å²) in [6.45, 7) is 1.62. The number of carbonyl (C=O) groups excluding carboxylic acids is 2. The highest BCUT2D eigenvalue weighted by Crippen LogP contribution is 2.22. The van der Waals surface area contributed by atoms with E-state index in [1.165, 1.54) is 24.3 Å². The minimum Gasteiger partial charge on any atom is -0.423 e. The second-order valence-corrected chi connectivity index (χ2v) is 6.70. The number of nitro benzene ring substituents is 1. The number of carbonyl (C=O) groups is 2. The van der Waals surface area contributed by atoms with E-state index < -0.39 is 16.8 Å². The molecule has 0 saturated carbocycles. The fourth-order valence-electron chi connectivity index (χ4n) is 2.78. The monoisotopic (exact) mass is 427 g/mol. The third kappa shape index (κ3) is 5.43. The van der Waals surface area contributed by atoms with Crippen LogP contribution in [0, 0.1) is 28.4 Å². The number of nitrogens with zero attached hydrogens (tertiary/aromatic N) is 2. The Morgan fingerprint density at radius 3 is 2.34 bits per heavy atom. The van der Waals surface area contributed by atoms with E-state index in [0.29, 0.717) is 28.1 Å². The van der Waals surface area contributed by atoms with Crippen molar-refractivity contribution in [3.8, 4) is 11.8 Å². The van der Waals surface area contributed by atoms with Crippen LogP contribution < -0.4 is 10.1 Å². The molecule has 0 unspecified atom stereocenters. The standard InChI is InChI=1S/C24H17N3O5/c1-16-13-20(27(30)31)9-12-22(16)26-23(28)19(15-25)14-17-7-10-21(11-8-17)32-24(29)18-5-3-2-4-6-18/h2-14H,1H3,(H,26,28). The van der Waals surface area contributed by atoms with Gasteiger partial charge < -0.3 is 10.1 Å². The van der Waals surface area contributed by atoms with Crippen molar-refractivity contribution in [1.82, 2.24) is 0 Å². The van der Waals surface area contributed by atoms with Crippen molar-refractivity contribution in [2.24, 2.45) is 0 Å². The first-order chi connectivity index (χ1) is 15.4. The second kappa shape index (κ2) is 9.82. The average molecular weight is 427 g/mol. The molecule has 8 nitrogen and oxygen atoms in total. The maximum Gasteiger partial charge on any atom is 0.343 e. The molecule has 0 aromatic heterocycles. The average Bonchev–Trinajstić information content (AvgIpc) is 2.80. The van der Waals surface area contributed by atoms with Gasteiger partial charge in [0.25, 0.3) is 11.6 Å². The summed E-state index contributed by atoms with van der Waals surface area (Å²) in [5, 5.41) is 22.8. The number of ether oxygens (including phenoxy) is 1. The zero-order valence-corrected chi connectivity index (χ0v) is 16.9. The third-order valence-corrected chi connectivity index (χ3v) is 4.45. The number of hydrogen-bond acceptors (Lipinski definition) is 6. The molecule has 1 N–H and O–H groups in total. The smallest absolute Gasteiger partial charge is 0.343 e. The minimum absolute atomic E-state index is 0.0930. The Morgan fingerprint density at radius 2 is 1.75 bits per heavy atom. The van der Waals surface area contributed by atoms with Crippen LogP contribution >= 0.6 is 0 Å². The Balaban J connectivity index is 1.70. The van der Waals surface area contributed by atoms with Gasteiger partial charge in [-0.3, -0.25) is 14.9 Å². The molecule has 0 saturated heterocycles. The molecule has 8 heteroatoms. The third-order valence-electron chi connectivity index (χ3n) is 4.45. The molecule has 158 valence electrons. The number of rotatable bonds is 6. The topological polar surface area (TPSA) is 122 Å². The Labute approximate surface area is 183 Å². The second-order valence-electron chi connectivity index (χ2n) is 6.70. The molecular formula is C24H17N3O5. The van der Waals surface area contributed by atoms with Crippen LogP contribution in [0.25, 0.3) is 6.08 Å². The van der Waals surface area contributed by atoms with E-state index in [9.17, 15) is 25.0 Å². The lowest BCUT2D eigenvalue weighted by atomic mass is 10.1. The van der Waals surface area contributed by atoms with Crippen LogP contribution in [-0.4, -0.2) is 16.8 Å². The van der Waals surface area contributed by atoms with E-state index in [1.807, 2.05) is 6.07 Å². The van der Waals surface area contributed by atoms with Gasteiger partial charge in [0.2, 0.25) is 0 Å². The van der Waals surface area contributed by atoms with Gasteiger partial charge in [-0.15, -0.1) is 0 Å². The summed E-state index contributed by atoms with van der Waals surface area (Å²) in [7, 11) is 0. The Morgan fingerprint density at radius 1 is 1.06 bits per heavy atom. The van der Waals surface area contributed by atoms with Gasteiger partial charge >= 0.3 is 5.97 Å². The molecule has 1 amide bonds. The van der Waals surface area contributed by atoms with E-state index in [4.69, 9.17) is 4.74 Å². The van der Waals surface area contributed by atoms with Crippen molar-refractivity contribution < 1.29 is 19.2 Å². The first-order valence-corrected chi connectivity index (χ1v) is 9.43. The lowest BCUT2D eigenvalue weighted by Gasteiger charge is -2.08. The number of esters is 1. The Kier molecular flexibility index (Phi) is 6.73. The molecule has 3 aromatic carbocycles. The quantitative estimate of drug-likeness (QED) is 0.152. The molecule has 0 radical (unpaired) electrons. The molecule has 0 atom stereocenters. The summed E-state index contributed by atoms with van der Waals surface area (Å²) in [4.78, 5) is 34.9. The number of nitrogens with one attached hydrogen (secondary N) is 1. The van der Waals surface area contributed by atoms with Crippen molar-refractivity contribution in [3.05, 3.63) is 105 Å². The fraction of sp³-hybridized carbons (Fsp3) is 0.0417. The van der Waals surface area contributed by atoms with E-state index in [2.05, 4.69) is 5.32 Å². The minimum atomic E-state index is -0.649. The molecule has 0 fully saturated rings. The molecule has 3 aromatic rings. The van der Waals surface area contributed by atoms with Gasteiger partial charge in [-0.05, 0) is 54.5 Å². The van der Waals surface area contributed by atoms with Crippen LogP contribution in [0.1, 0.15) is 21.5 Å². The largest absolute Gasteiger partial charge is 0.423 e. The summed E-state index contributed by atoms with van der Waals surface area (Å²) in [6.07, 6.45) is 1.39. The van der Waals surface area contributed by atoms with E-state index in [0.717, 1.165) is 0 Å². The maximum absolute atomic E-state index is 12.5. The number of hydrogen-bond donors (Lipinski definition) is 1. The normalized spacial score (nSPS) is 10.7. The molecule has 0 heterocycles. The zero-order valence-electron chi connectivity index (χ0n) is 16.9. The fourth-order valence-corrected chi connectivity index (χ4v) is 2.78. The van der Waals surface area contributed by atoms with Crippen LogP contribution in [0.2, 0.25) is 0 Å². The molecule has 0 bridgehead atoms. The molecule has 0 aliphatic carbocycles. The van der Waals surface area contributed by atoms with Gasteiger partial charge in [0, 0.05) is 17.8 Å². The highest BCUT2D eigenvalue weighted by atomic mass is 16.6. The van der Waals surface area contributed by atoms with E-state index in [-0.39, 0.29) is 11.3 Å². The van der Waals surface area contributed by atoms with Crippen LogP contribution in [-0.2, 0) is 4.79 Å². The number of aryl methyl sites for hydroxylation is 1. The first kappa shape index (κ1) is 21.9. The van der Waals surface area contributed by atoms with Gasteiger partial charge in [-0.1, -0.05) is 30.3 Å². The van der Waals surface area contributed by atoms with Crippen LogP contribution in [0.15, 0.2) is 78.4 Å². The van der Waals surface area contributed by atoms with Gasteiger partial charge in [-0.2, -0.15) is 5.26 Å². The number of nitro groups is 1. The van der Waals surface area contributed by atoms with Crippen molar-refractivity contribution in [3.63, 3.8) is 0 Å². The van der Waals surface area contributed by atoms with Crippen LogP contribution in [0.5, 0.6) is 5.75 Å².